The molecule has 0 radical (unpaired) electrons. The zero-order valence-electron chi connectivity index (χ0n) is 16.7. The lowest BCUT2D eigenvalue weighted by Crippen LogP contribution is -2.43. The molecular formula is C26H25NO2. The van der Waals surface area contributed by atoms with Crippen LogP contribution in [0.3, 0.4) is 0 Å². The molecular weight excluding hydrogens is 358 g/mol. The van der Waals surface area contributed by atoms with Crippen molar-refractivity contribution < 1.29 is 9.53 Å². The molecule has 0 aromatic heterocycles. The van der Waals surface area contributed by atoms with Gasteiger partial charge in [-0.25, -0.2) is 4.79 Å². The van der Waals surface area contributed by atoms with Crippen molar-refractivity contribution in [3.05, 3.63) is 89.5 Å². The molecule has 3 aromatic rings. The van der Waals surface area contributed by atoms with Crippen molar-refractivity contribution in [1.82, 2.24) is 4.90 Å². The molecule has 1 saturated heterocycles. The third kappa shape index (κ3) is 3.31. The minimum Gasteiger partial charge on any atom is -0.445 e. The smallest absolute Gasteiger partial charge is 0.410 e. The molecule has 2 unspecified atom stereocenters. The quantitative estimate of drug-likeness (QED) is 0.546. The third-order valence-corrected chi connectivity index (χ3v) is 6.27. The fraction of sp³-hybridized carbons (Fsp3) is 0.269. The third-order valence-electron chi connectivity index (χ3n) is 6.27. The van der Waals surface area contributed by atoms with E-state index in [9.17, 15) is 4.79 Å². The summed E-state index contributed by atoms with van der Waals surface area (Å²) in [5.74, 6) is 0. The maximum absolute atomic E-state index is 12.8. The number of benzene rings is 3. The van der Waals surface area contributed by atoms with Gasteiger partial charge in [-0.05, 0) is 59.2 Å². The van der Waals surface area contributed by atoms with Gasteiger partial charge in [-0.15, -0.1) is 0 Å². The molecule has 0 aliphatic carbocycles. The van der Waals surface area contributed by atoms with Crippen LogP contribution in [0.1, 0.15) is 36.0 Å². The highest BCUT2D eigenvalue weighted by atomic mass is 16.6. The number of ether oxygens (including phenoxy) is 1. The fourth-order valence-corrected chi connectivity index (χ4v) is 4.90. The van der Waals surface area contributed by atoms with Gasteiger partial charge in [0.2, 0.25) is 0 Å². The summed E-state index contributed by atoms with van der Waals surface area (Å²) in [7, 11) is 0. The van der Waals surface area contributed by atoms with Gasteiger partial charge < -0.3 is 4.74 Å². The Morgan fingerprint density at radius 1 is 1.00 bits per heavy atom. The van der Waals surface area contributed by atoms with E-state index in [1.165, 1.54) is 27.5 Å². The highest BCUT2D eigenvalue weighted by Gasteiger charge is 2.41. The molecule has 3 nitrogen and oxygen atoms in total. The summed E-state index contributed by atoms with van der Waals surface area (Å²) < 4.78 is 5.64. The first-order chi connectivity index (χ1) is 14.2. The number of fused-ring (bicyclic) bond motifs is 3. The predicted molar refractivity (Wildman–Crippen MR) is 117 cm³/mol. The highest BCUT2D eigenvalue weighted by Crippen LogP contribution is 2.41. The van der Waals surface area contributed by atoms with Crippen LogP contribution in [0.25, 0.3) is 16.3 Å². The molecule has 1 fully saturated rings. The lowest BCUT2D eigenvalue weighted by atomic mass is 9.88. The average Bonchev–Trinajstić information content (AvgIpc) is 3.02. The molecule has 2 aliphatic rings. The van der Waals surface area contributed by atoms with Gasteiger partial charge >= 0.3 is 6.09 Å². The van der Waals surface area contributed by atoms with Crippen LogP contribution >= 0.6 is 0 Å². The first-order valence-electron chi connectivity index (χ1n) is 10.4. The van der Waals surface area contributed by atoms with Crippen molar-refractivity contribution in [2.24, 2.45) is 0 Å². The van der Waals surface area contributed by atoms with E-state index in [4.69, 9.17) is 4.74 Å². The molecule has 2 aliphatic heterocycles. The Hall–Kier alpha value is -3.07. The normalized spacial score (nSPS) is 20.6. The topological polar surface area (TPSA) is 29.5 Å². The van der Waals surface area contributed by atoms with Crippen LogP contribution in [0.15, 0.2) is 72.8 Å². The van der Waals surface area contributed by atoms with Crippen LogP contribution in [-0.4, -0.2) is 23.1 Å². The van der Waals surface area contributed by atoms with E-state index >= 15 is 0 Å². The van der Waals surface area contributed by atoms with Crippen LogP contribution in [0.5, 0.6) is 0 Å². The van der Waals surface area contributed by atoms with Crippen LogP contribution in [0.4, 0.5) is 4.79 Å². The van der Waals surface area contributed by atoms with Crippen molar-refractivity contribution >= 4 is 22.4 Å². The van der Waals surface area contributed by atoms with Gasteiger partial charge in [0.05, 0.1) is 6.04 Å². The maximum atomic E-state index is 12.8. The molecule has 2 bridgehead atoms. The van der Waals surface area contributed by atoms with Gasteiger partial charge in [0.25, 0.3) is 0 Å². The van der Waals surface area contributed by atoms with E-state index in [1.54, 1.807) is 0 Å². The van der Waals surface area contributed by atoms with Crippen molar-refractivity contribution in [2.45, 2.75) is 44.9 Å². The number of hydrogen-bond donors (Lipinski definition) is 0. The molecule has 0 N–H and O–H groups in total. The molecule has 146 valence electrons. The standard InChI is InChI=1S/C26H25NO2/c1-18-11-12-20-9-5-6-10-24(20)25(18)21-15-22-13-14-23(16-21)27(22)26(28)29-17-19-7-3-2-4-8-19/h2-12,15,22-23H,13-14,16-17H2,1H3. The summed E-state index contributed by atoms with van der Waals surface area (Å²) in [5, 5.41) is 2.57. The van der Waals surface area contributed by atoms with Gasteiger partial charge in [-0.3, -0.25) is 4.90 Å². The summed E-state index contributed by atoms with van der Waals surface area (Å²) in [4.78, 5) is 14.8. The highest BCUT2D eigenvalue weighted by molar-refractivity contribution is 5.96. The van der Waals surface area contributed by atoms with Crippen molar-refractivity contribution in [2.75, 3.05) is 0 Å². The summed E-state index contributed by atoms with van der Waals surface area (Å²) in [6, 6.07) is 23.2. The average molecular weight is 383 g/mol. The van der Waals surface area contributed by atoms with Crippen LogP contribution < -0.4 is 0 Å². The first-order valence-corrected chi connectivity index (χ1v) is 10.4. The zero-order valence-corrected chi connectivity index (χ0v) is 16.7. The number of carbonyl (C=O) groups excluding carboxylic acids is 1. The molecule has 2 heterocycles. The zero-order chi connectivity index (χ0) is 19.8. The summed E-state index contributed by atoms with van der Waals surface area (Å²) in [6.45, 7) is 2.51. The largest absolute Gasteiger partial charge is 0.445 e. The van der Waals surface area contributed by atoms with Crippen molar-refractivity contribution in [3.8, 4) is 0 Å². The van der Waals surface area contributed by atoms with Gasteiger partial charge in [0, 0.05) is 6.04 Å². The second kappa shape index (κ2) is 7.40. The van der Waals surface area contributed by atoms with E-state index in [0.717, 1.165) is 24.8 Å². The number of nitrogens with zero attached hydrogens (tertiary/aromatic N) is 1. The lowest BCUT2D eigenvalue weighted by Gasteiger charge is -2.34. The molecule has 3 heteroatoms. The van der Waals surface area contributed by atoms with Crippen molar-refractivity contribution in [3.63, 3.8) is 0 Å². The summed E-state index contributed by atoms with van der Waals surface area (Å²) >= 11 is 0. The SMILES string of the molecule is Cc1ccc2ccccc2c1C1=CC2CCC(C1)N2C(=O)OCc1ccccc1. The van der Waals surface area contributed by atoms with E-state index in [0.29, 0.717) is 6.61 Å². The summed E-state index contributed by atoms with van der Waals surface area (Å²) in [6.07, 6.45) is 5.06. The second-order valence-electron chi connectivity index (χ2n) is 8.12. The van der Waals surface area contributed by atoms with E-state index < -0.39 is 0 Å². The summed E-state index contributed by atoms with van der Waals surface area (Å²) in [5.41, 5.74) is 5.04. The Kier molecular flexibility index (Phi) is 4.59. The molecule has 5 rings (SSSR count). The van der Waals surface area contributed by atoms with E-state index in [-0.39, 0.29) is 18.2 Å². The van der Waals surface area contributed by atoms with Crippen LogP contribution in [0, 0.1) is 6.92 Å². The van der Waals surface area contributed by atoms with E-state index in [1.807, 2.05) is 35.2 Å². The molecule has 0 saturated carbocycles. The minimum absolute atomic E-state index is 0.130. The van der Waals surface area contributed by atoms with Gasteiger partial charge in [0.15, 0.2) is 0 Å². The number of amides is 1. The Morgan fingerprint density at radius 3 is 2.62 bits per heavy atom. The molecule has 3 aromatic carbocycles. The fourth-order valence-electron chi connectivity index (χ4n) is 4.90. The van der Waals surface area contributed by atoms with E-state index in [2.05, 4.69) is 49.4 Å². The first kappa shape index (κ1) is 18.0. The number of hydrogen-bond acceptors (Lipinski definition) is 2. The van der Waals surface area contributed by atoms with Gasteiger partial charge in [-0.1, -0.05) is 72.8 Å². The van der Waals surface area contributed by atoms with Gasteiger partial charge in [0.1, 0.15) is 6.61 Å². The molecule has 29 heavy (non-hydrogen) atoms. The Morgan fingerprint density at radius 2 is 1.79 bits per heavy atom. The number of aryl methyl sites for hydroxylation is 1. The predicted octanol–water partition coefficient (Wildman–Crippen LogP) is 6.11. The number of rotatable bonds is 3. The Labute approximate surface area is 171 Å². The van der Waals surface area contributed by atoms with Gasteiger partial charge in [-0.2, -0.15) is 0 Å². The molecule has 2 atom stereocenters. The molecule has 0 spiro atoms. The minimum atomic E-state index is -0.189. The lowest BCUT2D eigenvalue weighted by molar-refractivity contribution is 0.0832. The number of carbonyl (C=O) groups is 1. The van der Waals surface area contributed by atoms with Crippen molar-refractivity contribution in [1.29, 1.82) is 0 Å². The second-order valence-corrected chi connectivity index (χ2v) is 8.12. The van der Waals surface area contributed by atoms with Crippen LogP contribution in [0.2, 0.25) is 0 Å². The van der Waals surface area contributed by atoms with Crippen LogP contribution in [-0.2, 0) is 11.3 Å². The monoisotopic (exact) mass is 383 g/mol. The Balaban J connectivity index is 1.40. The molecule has 1 amide bonds. The Bertz CT molecular complexity index is 1090. The maximum Gasteiger partial charge on any atom is 0.410 e.